The van der Waals surface area contributed by atoms with Gasteiger partial charge in [0.25, 0.3) is 0 Å². The number of rotatable bonds is 10. The van der Waals surface area contributed by atoms with Crippen LogP contribution in [0, 0.1) is 23.2 Å². The quantitative estimate of drug-likeness (QED) is 0.472. The van der Waals surface area contributed by atoms with E-state index in [4.69, 9.17) is 0 Å². The van der Waals surface area contributed by atoms with E-state index in [1.54, 1.807) is 13.0 Å². The number of nitrogens with zero attached hydrogens (tertiary/aromatic N) is 1. The van der Waals surface area contributed by atoms with Gasteiger partial charge in [-0.25, -0.2) is 4.79 Å². The van der Waals surface area contributed by atoms with E-state index in [9.17, 15) is 19.5 Å². The molecule has 4 atom stereocenters. The van der Waals surface area contributed by atoms with Gasteiger partial charge in [0.05, 0.1) is 12.1 Å². The van der Waals surface area contributed by atoms with Crippen molar-refractivity contribution in [3.8, 4) is 0 Å². The van der Waals surface area contributed by atoms with Gasteiger partial charge in [0.1, 0.15) is 0 Å². The highest BCUT2D eigenvalue weighted by Crippen LogP contribution is 2.28. The number of allylic oxidation sites excluding steroid dienone is 1. The molecule has 1 aliphatic heterocycles. The maximum absolute atomic E-state index is 13.4. The number of nitrogens with one attached hydrogen (secondary N) is 1. The van der Waals surface area contributed by atoms with Crippen LogP contribution >= 0.6 is 0 Å². The fraction of sp³-hybridized carbons (Fsp3) is 0.808. The van der Waals surface area contributed by atoms with Gasteiger partial charge < -0.3 is 10.4 Å². The molecule has 1 saturated heterocycles. The summed E-state index contributed by atoms with van der Waals surface area (Å²) < 4.78 is 0. The number of hydrogen-bond acceptors (Lipinski definition) is 4. The summed E-state index contributed by atoms with van der Waals surface area (Å²) in [5, 5.41) is 12.3. The Balaban J connectivity index is 3.07. The molecule has 0 aromatic rings. The number of carboxylic acid groups (broad SMARTS) is 1. The molecule has 2 N–H and O–H groups in total. The molecule has 6 nitrogen and oxygen atoms in total. The number of likely N-dealkylation sites (tertiary alicyclic amines) is 1. The van der Waals surface area contributed by atoms with Gasteiger partial charge in [-0.05, 0) is 56.4 Å². The summed E-state index contributed by atoms with van der Waals surface area (Å²) in [7, 11) is 0. The fourth-order valence-corrected chi connectivity index (χ4v) is 4.35. The molecule has 0 aliphatic carbocycles. The van der Waals surface area contributed by atoms with Crippen LogP contribution in [0.5, 0.6) is 0 Å². The minimum Gasteiger partial charge on any atom is -0.478 e. The minimum atomic E-state index is -0.972. The Kier molecular flexibility index (Phi) is 10.6. The van der Waals surface area contributed by atoms with Gasteiger partial charge in [0.2, 0.25) is 5.91 Å². The summed E-state index contributed by atoms with van der Waals surface area (Å²) in [4.78, 5) is 40.4. The zero-order valence-electron chi connectivity index (χ0n) is 21.7. The first kappa shape index (κ1) is 28.3. The number of ketones is 1. The third kappa shape index (κ3) is 8.02. The maximum atomic E-state index is 13.4. The van der Waals surface area contributed by atoms with E-state index in [0.717, 1.165) is 25.8 Å². The molecule has 0 aromatic carbocycles. The molecule has 1 amide bonds. The van der Waals surface area contributed by atoms with Crippen molar-refractivity contribution in [2.75, 3.05) is 6.54 Å². The van der Waals surface area contributed by atoms with Crippen LogP contribution in [0.4, 0.5) is 0 Å². The van der Waals surface area contributed by atoms with Gasteiger partial charge in [-0.2, -0.15) is 0 Å². The van der Waals surface area contributed by atoms with Crippen LogP contribution in [-0.4, -0.2) is 52.3 Å². The number of Topliss-reactive ketones (excluding diaryl/α,β-unsaturated/α-hetero) is 1. The van der Waals surface area contributed by atoms with Crippen molar-refractivity contribution in [1.82, 2.24) is 10.2 Å². The van der Waals surface area contributed by atoms with Gasteiger partial charge in [-0.1, -0.05) is 61.0 Å². The molecular weight excluding hydrogens is 404 g/mol. The minimum absolute atomic E-state index is 0.0433. The third-order valence-corrected chi connectivity index (χ3v) is 6.90. The number of aliphatic carboxylic acids is 1. The normalized spacial score (nSPS) is 21.3. The molecule has 1 unspecified atom stereocenters. The van der Waals surface area contributed by atoms with Crippen LogP contribution in [0.3, 0.4) is 0 Å². The summed E-state index contributed by atoms with van der Waals surface area (Å²) in [6, 6.07) is -0.536. The van der Waals surface area contributed by atoms with Crippen molar-refractivity contribution in [3.05, 3.63) is 11.6 Å². The lowest BCUT2D eigenvalue weighted by Gasteiger charge is -2.42. The number of hydrogen-bond donors (Lipinski definition) is 2. The predicted molar refractivity (Wildman–Crippen MR) is 129 cm³/mol. The van der Waals surface area contributed by atoms with Crippen LogP contribution in [0.2, 0.25) is 0 Å². The number of carboxylic acids is 1. The SMILES string of the molecule is C/C(=C\[C@@H](CC(=O)[C@@H](NC(=O)[C@H]1CCCCN1C(C)C(C)C)C(C)(C)C)C(C)C)C(=O)O. The van der Waals surface area contributed by atoms with Gasteiger partial charge >= 0.3 is 5.97 Å². The first-order chi connectivity index (χ1) is 14.7. The number of piperidine rings is 1. The highest BCUT2D eigenvalue weighted by atomic mass is 16.4. The van der Waals surface area contributed by atoms with Crippen molar-refractivity contribution in [1.29, 1.82) is 0 Å². The second kappa shape index (κ2) is 12.0. The molecule has 1 heterocycles. The zero-order valence-corrected chi connectivity index (χ0v) is 21.7. The van der Waals surface area contributed by atoms with Gasteiger partial charge in [0.15, 0.2) is 5.78 Å². The van der Waals surface area contributed by atoms with E-state index in [0.29, 0.717) is 12.0 Å². The van der Waals surface area contributed by atoms with Crippen molar-refractivity contribution in [2.24, 2.45) is 23.2 Å². The topological polar surface area (TPSA) is 86.7 Å². The summed E-state index contributed by atoms with van der Waals surface area (Å²) in [5.41, 5.74) is -0.198. The van der Waals surface area contributed by atoms with Crippen LogP contribution < -0.4 is 5.32 Å². The molecular formula is C26H46N2O4. The van der Waals surface area contributed by atoms with E-state index in [1.807, 2.05) is 34.6 Å². The molecule has 1 fully saturated rings. The van der Waals surface area contributed by atoms with E-state index in [-0.39, 0.29) is 41.6 Å². The van der Waals surface area contributed by atoms with E-state index < -0.39 is 17.4 Å². The summed E-state index contributed by atoms with van der Waals surface area (Å²) in [5.74, 6) is -0.708. The van der Waals surface area contributed by atoms with Crippen LogP contribution in [0.1, 0.15) is 88.0 Å². The van der Waals surface area contributed by atoms with E-state index in [1.165, 1.54) is 0 Å². The van der Waals surface area contributed by atoms with Crippen molar-refractivity contribution in [2.45, 2.75) is 106 Å². The zero-order chi connectivity index (χ0) is 24.8. The summed E-state index contributed by atoms with van der Waals surface area (Å²) in [6.07, 6.45) is 4.81. The molecule has 0 aromatic heterocycles. The smallest absolute Gasteiger partial charge is 0.330 e. The molecule has 1 aliphatic rings. The maximum Gasteiger partial charge on any atom is 0.330 e. The Hall–Kier alpha value is -1.69. The Bertz CT molecular complexity index is 690. The second-order valence-corrected chi connectivity index (χ2v) is 11.3. The number of amides is 1. The lowest BCUT2D eigenvalue weighted by Crippen LogP contribution is -2.58. The van der Waals surface area contributed by atoms with Crippen molar-refractivity contribution >= 4 is 17.7 Å². The van der Waals surface area contributed by atoms with Crippen LogP contribution in [0.25, 0.3) is 0 Å². The Morgan fingerprint density at radius 1 is 1.06 bits per heavy atom. The van der Waals surface area contributed by atoms with Gasteiger partial charge in [0, 0.05) is 18.0 Å². The molecule has 0 bridgehead atoms. The molecule has 0 saturated carbocycles. The Morgan fingerprint density at radius 3 is 2.12 bits per heavy atom. The highest BCUT2D eigenvalue weighted by molar-refractivity contribution is 5.92. The molecule has 1 rings (SSSR count). The lowest BCUT2D eigenvalue weighted by atomic mass is 9.79. The van der Waals surface area contributed by atoms with Crippen molar-refractivity contribution in [3.63, 3.8) is 0 Å². The Morgan fingerprint density at radius 2 is 1.66 bits per heavy atom. The first-order valence-electron chi connectivity index (χ1n) is 12.2. The van der Waals surface area contributed by atoms with E-state index >= 15 is 0 Å². The third-order valence-electron chi connectivity index (χ3n) is 6.90. The summed E-state index contributed by atoms with van der Waals surface area (Å²) >= 11 is 0. The number of carbonyl (C=O) groups is 3. The average Bonchev–Trinajstić information content (AvgIpc) is 2.69. The highest BCUT2D eigenvalue weighted by Gasteiger charge is 2.38. The van der Waals surface area contributed by atoms with Crippen molar-refractivity contribution < 1.29 is 19.5 Å². The lowest BCUT2D eigenvalue weighted by molar-refractivity contribution is -0.135. The van der Waals surface area contributed by atoms with Gasteiger partial charge in [-0.15, -0.1) is 0 Å². The van der Waals surface area contributed by atoms with E-state index in [2.05, 4.69) is 31.0 Å². The van der Waals surface area contributed by atoms with Crippen LogP contribution in [0.15, 0.2) is 11.6 Å². The van der Waals surface area contributed by atoms with Crippen LogP contribution in [-0.2, 0) is 14.4 Å². The molecule has 32 heavy (non-hydrogen) atoms. The number of carbonyl (C=O) groups excluding carboxylic acids is 2. The second-order valence-electron chi connectivity index (χ2n) is 11.3. The largest absolute Gasteiger partial charge is 0.478 e. The predicted octanol–water partition coefficient (Wildman–Crippen LogP) is 4.68. The Labute approximate surface area is 195 Å². The standard InChI is InChI=1S/C26H46N2O4/c1-16(2)19(6)28-13-11-10-12-21(28)24(30)27-23(26(7,8)9)22(29)15-20(17(3)4)14-18(5)25(31)32/h14,16-17,19-21,23H,10-13,15H2,1-9H3,(H,27,30)(H,31,32)/b18-14+/t19?,20-,21+,23+/m0/s1. The average molecular weight is 451 g/mol. The first-order valence-corrected chi connectivity index (χ1v) is 12.2. The molecule has 0 radical (unpaired) electrons. The monoisotopic (exact) mass is 450 g/mol. The fourth-order valence-electron chi connectivity index (χ4n) is 4.35. The molecule has 0 spiro atoms. The molecule has 184 valence electrons. The summed E-state index contributed by atoms with van der Waals surface area (Å²) in [6.45, 7) is 18.9. The molecule has 6 heteroatoms. The van der Waals surface area contributed by atoms with Gasteiger partial charge in [-0.3, -0.25) is 14.5 Å².